The van der Waals surface area contributed by atoms with E-state index in [2.05, 4.69) is 10.6 Å². The van der Waals surface area contributed by atoms with Crippen molar-refractivity contribution >= 4 is 5.91 Å². The lowest BCUT2D eigenvalue weighted by atomic mass is 10.1. The minimum atomic E-state index is -0.251. The summed E-state index contributed by atoms with van der Waals surface area (Å²) in [7, 11) is 0. The molecule has 0 aromatic heterocycles. The smallest absolute Gasteiger partial charge is 0.234 e. The number of carbonyl (C=O) groups excluding carboxylic acids is 1. The Labute approximate surface area is 101 Å². The molecule has 0 aliphatic rings. The molecule has 1 rings (SSSR count). The first kappa shape index (κ1) is 13.6. The van der Waals surface area contributed by atoms with Crippen LogP contribution < -0.4 is 10.6 Å². The third kappa shape index (κ3) is 6.02. The molecular formula is C13H19FN2O. The SMILES string of the molecule is CC(C)(C)NC(=O)CNCc1ccc(F)cc1. The summed E-state index contributed by atoms with van der Waals surface area (Å²) in [5, 5.41) is 5.86. The van der Waals surface area contributed by atoms with Crippen LogP contribution in [0.3, 0.4) is 0 Å². The summed E-state index contributed by atoms with van der Waals surface area (Å²) in [5.41, 5.74) is 0.740. The van der Waals surface area contributed by atoms with Crippen molar-refractivity contribution in [1.82, 2.24) is 10.6 Å². The van der Waals surface area contributed by atoms with Gasteiger partial charge in [0.25, 0.3) is 0 Å². The maximum absolute atomic E-state index is 12.6. The third-order valence-corrected chi connectivity index (χ3v) is 2.04. The molecule has 94 valence electrons. The number of benzene rings is 1. The molecule has 0 spiro atoms. The van der Waals surface area contributed by atoms with Crippen molar-refractivity contribution in [1.29, 1.82) is 0 Å². The molecule has 0 aliphatic carbocycles. The largest absolute Gasteiger partial charge is 0.350 e. The number of nitrogens with one attached hydrogen (secondary N) is 2. The van der Waals surface area contributed by atoms with Crippen LogP contribution in [0.2, 0.25) is 0 Å². The molecule has 0 bridgehead atoms. The highest BCUT2D eigenvalue weighted by molar-refractivity contribution is 5.78. The molecule has 0 saturated heterocycles. The minimum Gasteiger partial charge on any atom is -0.350 e. The Hall–Kier alpha value is -1.42. The Morgan fingerprint density at radius 1 is 1.24 bits per heavy atom. The molecule has 0 unspecified atom stereocenters. The van der Waals surface area contributed by atoms with Crippen molar-refractivity contribution < 1.29 is 9.18 Å². The topological polar surface area (TPSA) is 41.1 Å². The minimum absolute atomic E-state index is 0.0420. The molecule has 0 radical (unpaired) electrons. The maximum Gasteiger partial charge on any atom is 0.234 e. The first-order chi connectivity index (χ1) is 7.87. The van der Waals surface area contributed by atoms with Crippen LogP contribution in [0.1, 0.15) is 26.3 Å². The van der Waals surface area contributed by atoms with Crippen LogP contribution in [0, 0.1) is 5.82 Å². The fraction of sp³-hybridized carbons (Fsp3) is 0.462. The Morgan fingerprint density at radius 2 is 1.82 bits per heavy atom. The van der Waals surface area contributed by atoms with Gasteiger partial charge < -0.3 is 10.6 Å². The lowest BCUT2D eigenvalue weighted by Crippen LogP contribution is -2.44. The summed E-state index contributed by atoms with van der Waals surface area (Å²) < 4.78 is 12.6. The number of carbonyl (C=O) groups is 1. The van der Waals surface area contributed by atoms with Gasteiger partial charge in [-0.05, 0) is 38.5 Å². The van der Waals surface area contributed by atoms with Gasteiger partial charge in [0.1, 0.15) is 5.82 Å². The molecule has 0 atom stereocenters. The van der Waals surface area contributed by atoms with Gasteiger partial charge in [-0.15, -0.1) is 0 Å². The van der Waals surface area contributed by atoms with Crippen molar-refractivity contribution in [2.75, 3.05) is 6.54 Å². The Balaban J connectivity index is 2.28. The summed E-state index contributed by atoms with van der Waals surface area (Å²) in [6, 6.07) is 6.21. The van der Waals surface area contributed by atoms with Crippen molar-refractivity contribution in [3.63, 3.8) is 0 Å². The number of halogens is 1. The third-order valence-electron chi connectivity index (χ3n) is 2.04. The van der Waals surface area contributed by atoms with E-state index >= 15 is 0 Å². The molecule has 1 aromatic carbocycles. The number of hydrogen-bond donors (Lipinski definition) is 2. The average Bonchev–Trinajstić information content (AvgIpc) is 2.18. The summed E-state index contributed by atoms with van der Waals surface area (Å²) in [5.74, 6) is -0.293. The standard InChI is InChI=1S/C13H19FN2O/c1-13(2,3)16-12(17)9-15-8-10-4-6-11(14)7-5-10/h4-7,15H,8-9H2,1-3H3,(H,16,17). The van der Waals surface area contributed by atoms with Gasteiger partial charge in [0.05, 0.1) is 6.54 Å². The lowest BCUT2D eigenvalue weighted by molar-refractivity contribution is -0.121. The normalized spacial score (nSPS) is 11.3. The van der Waals surface area contributed by atoms with Gasteiger partial charge in [0, 0.05) is 12.1 Å². The van der Waals surface area contributed by atoms with Crippen LogP contribution in [-0.2, 0) is 11.3 Å². The Bertz CT molecular complexity index is 368. The van der Waals surface area contributed by atoms with Gasteiger partial charge >= 0.3 is 0 Å². The van der Waals surface area contributed by atoms with Crippen molar-refractivity contribution in [2.45, 2.75) is 32.9 Å². The molecule has 0 aliphatic heterocycles. The molecule has 4 heteroatoms. The highest BCUT2D eigenvalue weighted by atomic mass is 19.1. The van der Waals surface area contributed by atoms with Crippen molar-refractivity contribution in [3.8, 4) is 0 Å². The van der Waals surface area contributed by atoms with Crippen LogP contribution in [0.4, 0.5) is 4.39 Å². The fourth-order valence-corrected chi connectivity index (χ4v) is 1.39. The van der Waals surface area contributed by atoms with E-state index in [1.165, 1.54) is 12.1 Å². The van der Waals surface area contributed by atoms with Gasteiger partial charge in [0.2, 0.25) is 5.91 Å². The van der Waals surface area contributed by atoms with Gasteiger partial charge in [-0.1, -0.05) is 12.1 Å². The Kier molecular flexibility index (Phi) is 4.63. The highest BCUT2D eigenvalue weighted by Gasteiger charge is 2.12. The van der Waals surface area contributed by atoms with Crippen molar-refractivity contribution in [2.24, 2.45) is 0 Å². The molecular weight excluding hydrogens is 219 g/mol. The zero-order valence-electron chi connectivity index (χ0n) is 10.5. The fourth-order valence-electron chi connectivity index (χ4n) is 1.39. The maximum atomic E-state index is 12.6. The lowest BCUT2D eigenvalue weighted by Gasteiger charge is -2.20. The Morgan fingerprint density at radius 3 is 2.35 bits per heavy atom. The second-order valence-electron chi connectivity index (χ2n) is 5.03. The molecule has 1 amide bonds. The zero-order valence-corrected chi connectivity index (χ0v) is 10.5. The second kappa shape index (κ2) is 5.77. The van der Waals surface area contributed by atoms with Crippen LogP contribution in [0.5, 0.6) is 0 Å². The molecule has 2 N–H and O–H groups in total. The van der Waals surface area contributed by atoms with E-state index in [0.29, 0.717) is 6.54 Å². The summed E-state index contributed by atoms with van der Waals surface area (Å²) in [4.78, 5) is 11.5. The molecule has 0 fully saturated rings. The van der Waals surface area contributed by atoms with Gasteiger partial charge in [-0.3, -0.25) is 4.79 Å². The quantitative estimate of drug-likeness (QED) is 0.840. The van der Waals surface area contributed by atoms with Crippen LogP contribution in [0.15, 0.2) is 24.3 Å². The molecule has 0 saturated carbocycles. The van der Waals surface area contributed by atoms with E-state index < -0.39 is 0 Å². The summed E-state index contributed by atoms with van der Waals surface area (Å²) >= 11 is 0. The van der Waals surface area contributed by atoms with Crippen LogP contribution >= 0.6 is 0 Å². The van der Waals surface area contributed by atoms with Crippen molar-refractivity contribution in [3.05, 3.63) is 35.6 Å². The van der Waals surface area contributed by atoms with Crippen LogP contribution in [-0.4, -0.2) is 18.0 Å². The highest BCUT2D eigenvalue weighted by Crippen LogP contribution is 2.02. The van der Waals surface area contributed by atoms with Gasteiger partial charge in [-0.2, -0.15) is 0 Å². The molecule has 1 aromatic rings. The monoisotopic (exact) mass is 238 g/mol. The van der Waals surface area contributed by atoms with E-state index in [1.807, 2.05) is 20.8 Å². The predicted molar refractivity (Wildman–Crippen MR) is 66.0 cm³/mol. The first-order valence-corrected chi connectivity index (χ1v) is 5.63. The molecule has 0 heterocycles. The van der Waals surface area contributed by atoms with Gasteiger partial charge in [0.15, 0.2) is 0 Å². The summed E-state index contributed by atoms with van der Waals surface area (Å²) in [6.07, 6.45) is 0. The van der Waals surface area contributed by atoms with E-state index in [-0.39, 0.29) is 23.8 Å². The van der Waals surface area contributed by atoms with E-state index in [9.17, 15) is 9.18 Å². The van der Waals surface area contributed by atoms with E-state index in [1.54, 1.807) is 12.1 Å². The number of rotatable bonds is 4. The first-order valence-electron chi connectivity index (χ1n) is 5.63. The van der Waals surface area contributed by atoms with E-state index in [0.717, 1.165) is 5.56 Å². The molecule has 3 nitrogen and oxygen atoms in total. The number of hydrogen-bond acceptors (Lipinski definition) is 2. The zero-order chi connectivity index (χ0) is 12.9. The summed E-state index contributed by atoms with van der Waals surface area (Å²) in [6.45, 7) is 6.62. The predicted octanol–water partition coefficient (Wildman–Crippen LogP) is 1.83. The van der Waals surface area contributed by atoms with Gasteiger partial charge in [-0.25, -0.2) is 4.39 Å². The molecule has 17 heavy (non-hydrogen) atoms. The second-order valence-corrected chi connectivity index (χ2v) is 5.03. The van der Waals surface area contributed by atoms with E-state index in [4.69, 9.17) is 0 Å². The average molecular weight is 238 g/mol. The van der Waals surface area contributed by atoms with Crippen LogP contribution in [0.25, 0.3) is 0 Å². The number of amides is 1.